The molecule has 2 aromatic rings. The molecule has 0 radical (unpaired) electrons. The van der Waals surface area contributed by atoms with Crippen molar-refractivity contribution in [2.24, 2.45) is 5.73 Å². The predicted octanol–water partition coefficient (Wildman–Crippen LogP) is 2.58. The second kappa shape index (κ2) is 5.59. The van der Waals surface area contributed by atoms with Crippen LogP contribution in [0, 0.1) is 0 Å². The molecule has 104 valence electrons. The molecule has 0 aliphatic heterocycles. The van der Waals surface area contributed by atoms with Crippen LogP contribution in [0.25, 0.3) is 0 Å². The molecule has 1 aliphatic carbocycles. The predicted molar refractivity (Wildman–Crippen MR) is 81.1 cm³/mol. The Morgan fingerprint density at radius 1 is 1.15 bits per heavy atom. The number of aromatic nitrogens is 2. The van der Waals surface area contributed by atoms with Crippen molar-refractivity contribution in [3.8, 4) is 0 Å². The summed E-state index contributed by atoms with van der Waals surface area (Å²) >= 11 is 0. The molecule has 1 aromatic carbocycles. The quantitative estimate of drug-likeness (QED) is 0.929. The van der Waals surface area contributed by atoms with Crippen LogP contribution in [-0.4, -0.2) is 17.0 Å². The first-order valence-corrected chi connectivity index (χ1v) is 7.15. The van der Waals surface area contributed by atoms with Crippen molar-refractivity contribution < 1.29 is 0 Å². The Morgan fingerprint density at radius 3 is 2.75 bits per heavy atom. The number of aryl methyl sites for hydroxylation is 2. The molecule has 1 aliphatic rings. The Balaban J connectivity index is 1.91. The summed E-state index contributed by atoms with van der Waals surface area (Å²) in [6.45, 7) is 0.367. The third-order valence-corrected chi connectivity index (χ3v) is 3.94. The molecule has 0 atom stereocenters. The molecule has 4 nitrogen and oxygen atoms in total. The largest absolute Gasteiger partial charge is 0.329 e. The highest BCUT2D eigenvalue weighted by Gasteiger charge is 2.12. The van der Waals surface area contributed by atoms with Crippen LogP contribution in [0.3, 0.4) is 0 Å². The maximum atomic E-state index is 5.61. The van der Waals surface area contributed by atoms with Crippen LogP contribution in [0.5, 0.6) is 0 Å². The maximum Gasteiger partial charge on any atom is 0.144 e. The topological polar surface area (TPSA) is 55.0 Å². The summed E-state index contributed by atoms with van der Waals surface area (Å²) in [5.74, 6) is 1.56. The van der Waals surface area contributed by atoms with Crippen LogP contribution in [0.2, 0.25) is 0 Å². The van der Waals surface area contributed by atoms with Crippen LogP contribution in [0.15, 0.2) is 30.5 Å². The van der Waals surface area contributed by atoms with Gasteiger partial charge in [-0.15, -0.1) is 0 Å². The first-order valence-electron chi connectivity index (χ1n) is 7.15. The highest BCUT2D eigenvalue weighted by Crippen LogP contribution is 2.28. The van der Waals surface area contributed by atoms with Gasteiger partial charge in [-0.3, -0.25) is 0 Å². The molecule has 1 aromatic heterocycles. The lowest BCUT2D eigenvalue weighted by atomic mass is 9.91. The summed E-state index contributed by atoms with van der Waals surface area (Å²) in [6.07, 6.45) is 6.78. The molecule has 4 heteroatoms. The highest BCUT2D eigenvalue weighted by atomic mass is 15.2. The summed E-state index contributed by atoms with van der Waals surface area (Å²) < 4.78 is 0. The van der Waals surface area contributed by atoms with E-state index in [1.165, 1.54) is 42.5 Å². The first kappa shape index (κ1) is 13.1. The van der Waals surface area contributed by atoms with Gasteiger partial charge in [0.05, 0.1) is 6.54 Å². The number of benzene rings is 1. The van der Waals surface area contributed by atoms with E-state index >= 15 is 0 Å². The summed E-state index contributed by atoms with van der Waals surface area (Å²) in [6, 6.07) is 8.64. The number of hydrogen-bond acceptors (Lipinski definition) is 4. The zero-order valence-corrected chi connectivity index (χ0v) is 11.8. The Hall–Kier alpha value is -1.94. The Bertz CT molecular complexity index is 609. The number of rotatable bonds is 3. The standard InChI is InChI=1S/C16H20N4/c1-20(16-8-9-18-15(11-17)19-16)14-7-6-12-4-2-3-5-13(12)10-14/h6-10H,2-5,11,17H2,1H3. The van der Waals surface area contributed by atoms with Crippen molar-refractivity contribution in [3.05, 3.63) is 47.4 Å². The molecular weight excluding hydrogens is 248 g/mol. The molecule has 0 amide bonds. The number of anilines is 2. The molecule has 20 heavy (non-hydrogen) atoms. The zero-order chi connectivity index (χ0) is 13.9. The van der Waals surface area contributed by atoms with Crippen LogP contribution >= 0.6 is 0 Å². The van der Waals surface area contributed by atoms with E-state index in [-0.39, 0.29) is 0 Å². The molecule has 0 fully saturated rings. The van der Waals surface area contributed by atoms with E-state index in [1.807, 2.05) is 13.1 Å². The zero-order valence-electron chi connectivity index (χ0n) is 11.8. The lowest BCUT2D eigenvalue weighted by Crippen LogP contribution is -2.14. The molecule has 2 N–H and O–H groups in total. The minimum Gasteiger partial charge on any atom is -0.329 e. The minimum atomic E-state index is 0.367. The molecule has 1 heterocycles. The number of fused-ring (bicyclic) bond motifs is 1. The molecule has 3 rings (SSSR count). The van der Waals surface area contributed by atoms with Gasteiger partial charge in [-0.1, -0.05) is 6.07 Å². The second-order valence-electron chi connectivity index (χ2n) is 5.25. The van der Waals surface area contributed by atoms with Crippen molar-refractivity contribution in [1.29, 1.82) is 0 Å². The van der Waals surface area contributed by atoms with E-state index < -0.39 is 0 Å². The van der Waals surface area contributed by atoms with Crippen LogP contribution in [0.4, 0.5) is 11.5 Å². The number of hydrogen-bond donors (Lipinski definition) is 1. The van der Waals surface area contributed by atoms with Gasteiger partial charge in [0.2, 0.25) is 0 Å². The summed E-state index contributed by atoms with van der Waals surface area (Å²) in [5.41, 5.74) is 9.76. The van der Waals surface area contributed by atoms with Crippen molar-refractivity contribution in [3.63, 3.8) is 0 Å². The van der Waals surface area contributed by atoms with Gasteiger partial charge < -0.3 is 10.6 Å². The van der Waals surface area contributed by atoms with Crippen molar-refractivity contribution in [2.75, 3.05) is 11.9 Å². The van der Waals surface area contributed by atoms with Crippen molar-refractivity contribution >= 4 is 11.5 Å². The summed E-state index contributed by atoms with van der Waals surface area (Å²) in [5, 5.41) is 0. The first-order chi connectivity index (χ1) is 9.78. The minimum absolute atomic E-state index is 0.367. The smallest absolute Gasteiger partial charge is 0.144 e. The Morgan fingerprint density at radius 2 is 1.95 bits per heavy atom. The van der Waals surface area contributed by atoms with Crippen molar-refractivity contribution in [1.82, 2.24) is 9.97 Å². The normalized spacial score (nSPS) is 13.9. The van der Waals surface area contributed by atoms with E-state index in [4.69, 9.17) is 5.73 Å². The van der Waals surface area contributed by atoms with Gasteiger partial charge in [-0.2, -0.15) is 0 Å². The van der Waals surface area contributed by atoms with Gasteiger partial charge in [-0.05, 0) is 55.0 Å². The van der Waals surface area contributed by atoms with Gasteiger partial charge >= 0.3 is 0 Å². The third kappa shape index (κ3) is 2.51. The van der Waals surface area contributed by atoms with Gasteiger partial charge in [0.1, 0.15) is 11.6 Å². The fraction of sp³-hybridized carbons (Fsp3) is 0.375. The molecule has 0 unspecified atom stereocenters. The molecule has 0 bridgehead atoms. The number of nitrogens with zero attached hydrogens (tertiary/aromatic N) is 3. The lowest BCUT2D eigenvalue weighted by Gasteiger charge is -2.22. The summed E-state index contributed by atoms with van der Waals surface area (Å²) in [4.78, 5) is 10.7. The lowest BCUT2D eigenvalue weighted by molar-refractivity contribution is 0.685. The fourth-order valence-electron chi connectivity index (χ4n) is 2.73. The monoisotopic (exact) mass is 268 g/mol. The SMILES string of the molecule is CN(c1ccc2c(c1)CCCC2)c1ccnc(CN)n1. The molecule has 0 saturated carbocycles. The van der Waals surface area contributed by atoms with Crippen LogP contribution in [-0.2, 0) is 19.4 Å². The third-order valence-electron chi connectivity index (χ3n) is 3.94. The summed E-state index contributed by atoms with van der Waals surface area (Å²) in [7, 11) is 2.03. The average molecular weight is 268 g/mol. The van der Waals surface area contributed by atoms with Gasteiger partial charge in [0, 0.05) is 18.9 Å². The Labute approximate surface area is 119 Å². The molecule has 0 saturated heterocycles. The maximum absolute atomic E-state index is 5.61. The van der Waals surface area contributed by atoms with Crippen molar-refractivity contribution in [2.45, 2.75) is 32.2 Å². The Kier molecular flexibility index (Phi) is 3.65. The highest BCUT2D eigenvalue weighted by molar-refractivity contribution is 5.60. The molecule has 0 spiro atoms. The van der Waals surface area contributed by atoms with E-state index in [9.17, 15) is 0 Å². The number of nitrogens with two attached hydrogens (primary N) is 1. The van der Waals surface area contributed by atoms with Gasteiger partial charge in [-0.25, -0.2) is 9.97 Å². The van der Waals surface area contributed by atoms with E-state index in [1.54, 1.807) is 6.20 Å². The van der Waals surface area contributed by atoms with E-state index in [0.717, 1.165) is 5.82 Å². The average Bonchev–Trinajstić information content (AvgIpc) is 2.53. The fourth-order valence-corrected chi connectivity index (χ4v) is 2.73. The van der Waals surface area contributed by atoms with Crippen LogP contribution in [0.1, 0.15) is 29.8 Å². The van der Waals surface area contributed by atoms with E-state index in [2.05, 4.69) is 33.1 Å². The van der Waals surface area contributed by atoms with E-state index in [0.29, 0.717) is 12.4 Å². The van der Waals surface area contributed by atoms with Gasteiger partial charge in [0.25, 0.3) is 0 Å². The van der Waals surface area contributed by atoms with Crippen LogP contribution < -0.4 is 10.6 Å². The second-order valence-corrected chi connectivity index (χ2v) is 5.25. The van der Waals surface area contributed by atoms with Gasteiger partial charge in [0.15, 0.2) is 0 Å². The molecular formula is C16H20N4.